The minimum absolute atomic E-state index is 0.216. The Hall–Kier alpha value is -0.640. The summed E-state index contributed by atoms with van der Waals surface area (Å²) in [5.41, 5.74) is 5.58. The molecule has 19 heavy (non-hydrogen) atoms. The minimum Gasteiger partial charge on any atom is -0.392 e. The molecule has 3 atom stereocenters. The van der Waals surface area contributed by atoms with E-state index < -0.39 is 0 Å². The molecule has 1 amide bonds. The summed E-state index contributed by atoms with van der Waals surface area (Å²) >= 11 is 4.94. The van der Waals surface area contributed by atoms with Gasteiger partial charge in [-0.1, -0.05) is 37.9 Å². The predicted molar refractivity (Wildman–Crippen MR) is 81.8 cm³/mol. The summed E-state index contributed by atoms with van der Waals surface area (Å²) in [7, 11) is 0. The van der Waals surface area contributed by atoms with Crippen molar-refractivity contribution in [2.75, 3.05) is 13.1 Å². The molecule has 2 saturated carbocycles. The van der Waals surface area contributed by atoms with Gasteiger partial charge in [0.05, 0.1) is 11.5 Å². The van der Waals surface area contributed by atoms with Crippen molar-refractivity contribution in [3.05, 3.63) is 0 Å². The number of nitrogens with zero attached hydrogens (tertiary/aromatic N) is 1. The quantitative estimate of drug-likeness (QED) is 0.807. The molecule has 0 bridgehead atoms. The topological polar surface area (TPSA) is 46.3 Å². The number of amides is 1. The molecule has 2 aliphatic rings. The standard InChI is InChI=1S/C15H26N2OS/c1-2-17(10-14(16)19)15(18)13-8-7-11-5-3-4-6-12(11)9-13/h11-13H,2-10H2,1H3,(H2,16,19). The summed E-state index contributed by atoms with van der Waals surface area (Å²) in [5.74, 6) is 2.18. The van der Waals surface area contributed by atoms with Crippen LogP contribution >= 0.6 is 12.2 Å². The van der Waals surface area contributed by atoms with Crippen LogP contribution in [0.1, 0.15) is 51.9 Å². The second kappa shape index (κ2) is 6.69. The van der Waals surface area contributed by atoms with Crippen LogP contribution in [0.2, 0.25) is 0 Å². The molecule has 0 radical (unpaired) electrons. The van der Waals surface area contributed by atoms with E-state index in [0.717, 1.165) is 24.7 Å². The van der Waals surface area contributed by atoms with E-state index in [1.54, 1.807) is 0 Å². The van der Waals surface area contributed by atoms with Crippen LogP contribution in [-0.2, 0) is 4.79 Å². The molecule has 0 aliphatic heterocycles. The van der Waals surface area contributed by atoms with Crippen LogP contribution in [-0.4, -0.2) is 28.9 Å². The third-order valence-corrected chi connectivity index (χ3v) is 5.06. The number of hydrogen-bond donors (Lipinski definition) is 1. The van der Waals surface area contributed by atoms with Gasteiger partial charge in [0.25, 0.3) is 0 Å². The molecule has 2 aliphatic carbocycles. The van der Waals surface area contributed by atoms with Gasteiger partial charge in [-0.2, -0.15) is 0 Å². The molecule has 0 aromatic carbocycles. The highest BCUT2D eigenvalue weighted by Gasteiger charge is 2.36. The molecular formula is C15H26N2OS. The molecule has 2 N–H and O–H groups in total. The first-order valence-corrected chi connectivity index (χ1v) is 8.09. The Kier molecular flexibility index (Phi) is 5.20. The molecule has 2 rings (SSSR count). The highest BCUT2D eigenvalue weighted by molar-refractivity contribution is 7.80. The summed E-state index contributed by atoms with van der Waals surface area (Å²) in [5, 5.41) is 0. The highest BCUT2D eigenvalue weighted by Crippen LogP contribution is 2.43. The fourth-order valence-corrected chi connectivity index (χ4v) is 4.05. The van der Waals surface area contributed by atoms with E-state index in [9.17, 15) is 4.79 Å². The third-order valence-electron chi connectivity index (χ3n) is 4.93. The number of likely N-dealkylation sites (N-methyl/N-ethyl adjacent to an activating group) is 1. The van der Waals surface area contributed by atoms with Crippen LogP contribution in [0.4, 0.5) is 0 Å². The van der Waals surface area contributed by atoms with Crippen LogP contribution in [0.15, 0.2) is 0 Å². The highest BCUT2D eigenvalue weighted by atomic mass is 32.1. The van der Waals surface area contributed by atoms with Gasteiger partial charge >= 0.3 is 0 Å². The fraction of sp³-hybridized carbons (Fsp3) is 0.867. The van der Waals surface area contributed by atoms with Crippen LogP contribution in [0.5, 0.6) is 0 Å². The second-order valence-corrected chi connectivity index (χ2v) is 6.66. The number of hydrogen-bond acceptors (Lipinski definition) is 2. The number of thiocarbonyl (C=S) groups is 1. The maximum absolute atomic E-state index is 12.6. The van der Waals surface area contributed by atoms with Crippen molar-refractivity contribution in [2.24, 2.45) is 23.5 Å². The molecule has 4 heteroatoms. The number of carbonyl (C=O) groups excluding carboxylic acids is 1. The first kappa shape index (κ1) is 14.8. The van der Waals surface area contributed by atoms with Crippen LogP contribution in [0.3, 0.4) is 0 Å². The Morgan fingerprint density at radius 2 is 1.89 bits per heavy atom. The zero-order chi connectivity index (χ0) is 13.8. The lowest BCUT2D eigenvalue weighted by atomic mass is 9.67. The summed E-state index contributed by atoms with van der Waals surface area (Å²) in [4.78, 5) is 14.8. The average molecular weight is 282 g/mol. The largest absolute Gasteiger partial charge is 0.392 e. The zero-order valence-electron chi connectivity index (χ0n) is 11.9. The van der Waals surface area contributed by atoms with Gasteiger partial charge in [-0.25, -0.2) is 0 Å². The first-order chi connectivity index (χ1) is 9.11. The number of rotatable bonds is 4. The van der Waals surface area contributed by atoms with E-state index >= 15 is 0 Å². The molecule has 2 fully saturated rings. The van der Waals surface area contributed by atoms with Gasteiger partial charge in [0.1, 0.15) is 0 Å². The van der Waals surface area contributed by atoms with Crippen LogP contribution in [0.25, 0.3) is 0 Å². The summed E-state index contributed by atoms with van der Waals surface area (Å²) in [6.45, 7) is 3.15. The molecule has 3 nitrogen and oxygen atoms in total. The van der Waals surface area contributed by atoms with E-state index in [-0.39, 0.29) is 11.8 Å². The lowest BCUT2D eigenvalue weighted by molar-refractivity contribution is -0.137. The maximum atomic E-state index is 12.6. The van der Waals surface area contributed by atoms with Gasteiger partial charge in [-0.3, -0.25) is 4.79 Å². The van der Waals surface area contributed by atoms with Crippen molar-refractivity contribution in [3.63, 3.8) is 0 Å². The van der Waals surface area contributed by atoms with E-state index in [2.05, 4.69) is 0 Å². The van der Waals surface area contributed by atoms with Crippen molar-refractivity contribution >= 4 is 23.1 Å². The monoisotopic (exact) mass is 282 g/mol. The second-order valence-electron chi connectivity index (χ2n) is 6.13. The Bertz CT molecular complexity index is 345. The summed E-state index contributed by atoms with van der Waals surface area (Å²) in [6, 6.07) is 0. The van der Waals surface area contributed by atoms with E-state index in [4.69, 9.17) is 18.0 Å². The van der Waals surface area contributed by atoms with Crippen molar-refractivity contribution in [1.82, 2.24) is 4.90 Å². The number of nitrogens with two attached hydrogens (primary N) is 1. The summed E-state index contributed by atoms with van der Waals surface area (Å²) in [6.07, 6.45) is 8.86. The lowest BCUT2D eigenvalue weighted by Gasteiger charge is -2.40. The molecule has 108 valence electrons. The van der Waals surface area contributed by atoms with Crippen LogP contribution in [0, 0.1) is 17.8 Å². The Morgan fingerprint density at radius 1 is 1.21 bits per heavy atom. The van der Waals surface area contributed by atoms with E-state index in [1.165, 1.54) is 32.1 Å². The van der Waals surface area contributed by atoms with Crippen molar-refractivity contribution in [1.29, 1.82) is 0 Å². The van der Waals surface area contributed by atoms with Gasteiger partial charge in [-0.15, -0.1) is 0 Å². The Balaban J connectivity index is 1.93. The summed E-state index contributed by atoms with van der Waals surface area (Å²) < 4.78 is 0. The first-order valence-electron chi connectivity index (χ1n) is 7.69. The molecular weight excluding hydrogens is 256 g/mol. The van der Waals surface area contributed by atoms with Gasteiger partial charge in [0.15, 0.2) is 0 Å². The number of carbonyl (C=O) groups is 1. The SMILES string of the molecule is CCN(CC(N)=S)C(=O)C1CCC2CCCCC2C1. The van der Waals surface area contributed by atoms with E-state index in [0.29, 0.717) is 18.1 Å². The maximum Gasteiger partial charge on any atom is 0.226 e. The smallest absolute Gasteiger partial charge is 0.226 e. The zero-order valence-corrected chi connectivity index (χ0v) is 12.8. The van der Waals surface area contributed by atoms with E-state index in [1.807, 2.05) is 11.8 Å². The molecule has 3 unspecified atom stereocenters. The van der Waals surface area contributed by atoms with Crippen molar-refractivity contribution < 1.29 is 4.79 Å². The van der Waals surface area contributed by atoms with Crippen LogP contribution < -0.4 is 5.73 Å². The third kappa shape index (κ3) is 3.68. The normalized spacial score (nSPS) is 30.5. The van der Waals surface area contributed by atoms with Gasteiger partial charge in [0, 0.05) is 12.5 Å². The molecule has 0 aromatic rings. The van der Waals surface area contributed by atoms with Gasteiger partial charge in [0.2, 0.25) is 5.91 Å². The Morgan fingerprint density at radius 3 is 2.53 bits per heavy atom. The van der Waals surface area contributed by atoms with Crippen molar-refractivity contribution in [3.8, 4) is 0 Å². The van der Waals surface area contributed by atoms with Gasteiger partial charge < -0.3 is 10.6 Å². The number of fused-ring (bicyclic) bond motifs is 1. The minimum atomic E-state index is 0.216. The molecule has 0 heterocycles. The Labute approximate surface area is 121 Å². The lowest BCUT2D eigenvalue weighted by Crippen LogP contribution is -2.43. The predicted octanol–water partition coefficient (Wildman–Crippen LogP) is 2.73. The molecule has 0 saturated heterocycles. The van der Waals surface area contributed by atoms with Crippen molar-refractivity contribution in [2.45, 2.75) is 51.9 Å². The molecule has 0 aromatic heterocycles. The average Bonchev–Trinajstić information content (AvgIpc) is 2.43. The fourth-order valence-electron chi connectivity index (χ4n) is 3.89. The molecule has 0 spiro atoms. The van der Waals surface area contributed by atoms with Gasteiger partial charge in [-0.05, 0) is 38.0 Å².